The highest BCUT2D eigenvalue weighted by Crippen LogP contribution is 2.37. The molecule has 2 aliphatic heterocycles. The second-order valence-electron chi connectivity index (χ2n) is 6.19. The lowest BCUT2D eigenvalue weighted by atomic mass is 10.1. The molecule has 2 saturated heterocycles. The zero-order valence-electron chi connectivity index (χ0n) is 13.8. The number of hydrogen-bond acceptors (Lipinski definition) is 7. The van der Waals surface area contributed by atoms with Crippen molar-refractivity contribution in [1.29, 1.82) is 0 Å². The first-order chi connectivity index (χ1) is 11.4. The Balaban J connectivity index is 1.73. The SMILES string of the molecule is CC(=O)OC1COC(OC(=O)c2ccccc2)C2OC(C)(C)OC12. The van der Waals surface area contributed by atoms with Crippen molar-refractivity contribution in [3.05, 3.63) is 35.9 Å². The number of fused-ring (bicyclic) bond motifs is 1. The van der Waals surface area contributed by atoms with Crippen molar-refractivity contribution in [3.63, 3.8) is 0 Å². The van der Waals surface area contributed by atoms with Crippen LogP contribution in [-0.2, 0) is 28.5 Å². The van der Waals surface area contributed by atoms with Gasteiger partial charge in [0, 0.05) is 6.92 Å². The maximum atomic E-state index is 12.2. The number of benzene rings is 1. The van der Waals surface area contributed by atoms with E-state index < -0.39 is 42.3 Å². The predicted molar refractivity (Wildman–Crippen MR) is 81.0 cm³/mol. The number of esters is 2. The summed E-state index contributed by atoms with van der Waals surface area (Å²) in [4.78, 5) is 23.5. The molecule has 0 amide bonds. The second-order valence-corrected chi connectivity index (χ2v) is 6.19. The summed E-state index contributed by atoms with van der Waals surface area (Å²) in [6.07, 6.45) is -2.78. The minimum atomic E-state index is -0.934. The minimum Gasteiger partial charge on any atom is -0.457 e. The maximum absolute atomic E-state index is 12.2. The van der Waals surface area contributed by atoms with Crippen molar-refractivity contribution >= 4 is 11.9 Å². The molecule has 4 unspecified atom stereocenters. The van der Waals surface area contributed by atoms with Gasteiger partial charge in [0.15, 0.2) is 18.0 Å². The molecule has 0 aliphatic carbocycles. The van der Waals surface area contributed by atoms with Crippen LogP contribution in [-0.4, -0.2) is 48.9 Å². The summed E-state index contributed by atoms with van der Waals surface area (Å²) in [7, 11) is 0. The molecule has 130 valence electrons. The molecule has 4 atom stereocenters. The van der Waals surface area contributed by atoms with Gasteiger partial charge < -0.3 is 23.7 Å². The molecule has 3 rings (SSSR count). The lowest BCUT2D eigenvalue weighted by Crippen LogP contribution is -2.54. The van der Waals surface area contributed by atoms with Crippen LogP contribution in [0.15, 0.2) is 30.3 Å². The fourth-order valence-electron chi connectivity index (χ4n) is 2.86. The molecule has 0 bridgehead atoms. The van der Waals surface area contributed by atoms with Crippen LogP contribution < -0.4 is 0 Å². The zero-order valence-corrected chi connectivity index (χ0v) is 13.8. The summed E-state index contributed by atoms with van der Waals surface area (Å²) < 4.78 is 27.8. The van der Waals surface area contributed by atoms with E-state index in [1.807, 2.05) is 6.07 Å². The van der Waals surface area contributed by atoms with Gasteiger partial charge in [-0.1, -0.05) is 18.2 Å². The van der Waals surface area contributed by atoms with E-state index in [1.165, 1.54) is 6.92 Å². The van der Waals surface area contributed by atoms with Crippen molar-refractivity contribution in [1.82, 2.24) is 0 Å². The number of carbonyl (C=O) groups is 2. The fraction of sp³-hybridized carbons (Fsp3) is 0.529. The smallest absolute Gasteiger partial charge is 0.340 e. The lowest BCUT2D eigenvalue weighted by molar-refractivity contribution is -0.231. The maximum Gasteiger partial charge on any atom is 0.340 e. The average molecular weight is 336 g/mol. The Morgan fingerprint density at radius 3 is 2.42 bits per heavy atom. The molecule has 2 aliphatic rings. The Bertz CT molecular complexity index is 613. The first kappa shape index (κ1) is 16.9. The third kappa shape index (κ3) is 3.58. The van der Waals surface area contributed by atoms with Crippen LogP contribution in [0.3, 0.4) is 0 Å². The van der Waals surface area contributed by atoms with E-state index in [0.717, 1.165) is 0 Å². The fourth-order valence-corrected chi connectivity index (χ4v) is 2.86. The summed E-state index contributed by atoms with van der Waals surface area (Å²) in [5.74, 6) is -1.84. The summed E-state index contributed by atoms with van der Waals surface area (Å²) in [6, 6.07) is 8.61. The van der Waals surface area contributed by atoms with Gasteiger partial charge in [-0.25, -0.2) is 4.79 Å². The number of rotatable bonds is 3. The van der Waals surface area contributed by atoms with Crippen LogP contribution in [0.1, 0.15) is 31.1 Å². The Kier molecular flexibility index (Phi) is 4.58. The van der Waals surface area contributed by atoms with Crippen LogP contribution in [0, 0.1) is 0 Å². The van der Waals surface area contributed by atoms with E-state index in [2.05, 4.69) is 0 Å². The largest absolute Gasteiger partial charge is 0.457 e. The molecule has 2 heterocycles. The third-order valence-electron chi connectivity index (χ3n) is 3.77. The topological polar surface area (TPSA) is 80.3 Å². The van der Waals surface area contributed by atoms with Gasteiger partial charge in [-0.05, 0) is 26.0 Å². The molecule has 0 saturated carbocycles. The zero-order chi connectivity index (χ0) is 17.3. The van der Waals surface area contributed by atoms with Gasteiger partial charge in [-0.3, -0.25) is 4.79 Å². The molecule has 7 heteroatoms. The van der Waals surface area contributed by atoms with Crippen LogP contribution in [0.4, 0.5) is 0 Å². The molecular weight excluding hydrogens is 316 g/mol. The number of carbonyl (C=O) groups excluding carboxylic acids is 2. The summed E-state index contributed by atoms with van der Waals surface area (Å²) >= 11 is 0. The van der Waals surface area contributed by atoms with Gasteiger partial charge in [-0.15, -0.1) is 0 Å². The van der Waals surface area contributed by atoms with Gasteiger partial charge in [0.25, 0.3) is 0 Å². The molecule has 1 aromatic carbocycles. The summed E-state index contributed by atoms with van der Waals surface area (Å²) in [5, 5.41) is 0. The highest BCUT2D eigenvalue weighted by molar-refractivity contribution is 5.89. The Hall–Kier alpha value is -1.96. The molecule has 7 nitrogen and oxygen atoms in total. The van der Waals surface area contributed by atoms with E-state index in [0.29, 0.717) is 5.56 Å². The van der Waals surface area contributed by atoms with Crippen LogP contribution in [0.5, 0.6) is 0 Å². The van der Waals surface area contributed by atoms with E-state index in [4.69, 9.17) is 23.7 Å². The van der Waals surface area contributed by atoms with Crippen LogP contribution >= 0.6 is 0 Å². The highest BCUT2D eigenvalue weighted by atomic mass is 16.8. The normalized spacial score (nSPS) is 31.1. The molecule has 0 spiro atoms. The first-order valence-corrected chi connectivity index (χ1v) is 7.76. The molecule has 24 heavy (non-hydrogen) atoms. The molecule has 0 aromatic heterocycles. The van der Waals surface area contributed by atoms with Gasteiger partial charge in [0.2, 0.25) is 6.29 Å². The van der Waals surface area contributed by atoms with E-state index >= 15 is 0 Å². The quantitative estimate of drug-likeness (QED) is 0.776. The van der Waals surface area contributed by atoms with Gasteiger partial charge in [-0.2, -0.15) is 0 Å². The average Bonchev–Trinajstić information content (AvgIpc) is 2.86. The first-order valence-electron chi connectivity index (χ1n) is 7.76. The summed E-state index contributed by atoms with van der Waals surface area (Å²) in [6.45, 7) is 4.86. The van der Waals surface area contributed by atoms with Crippen molar-refractivity contribution in [2.24, 2.45) is 0 Å². The van der Waals surface area contributed by atoms with E-state index in [9.17, 15) is 9.59 Å². The lowest BCUT2D eigenvalue weighted by Gasteiger charge is -2.35. The van der Waals surface area contributed by atoms with Crippen molar-refractivity contribution in [2.45, 2.75) is 51.2 Å². The molecule has 0 N–H and O–H groups in total. The molecular formula is C17H20O7. The monoisotopic (exact) mass is 336 g/mol. The molecule has 2 fully saturated rings. The van der Waals surface area contributed by atoms with Crippen molar-refractivity contribution < 1.29 is 33.3 Å². The van der Waals surface area contributed by atoms with Crippen LogP contribution in [0.25, 0.3) is 0 Å². The Morgan fingerprint density at radius 1 is 1.08 bits per heavy atom. The molecule has 0 radical (unpaired) electrons. The van der Waals surface area contributed by atoms with Crippen molar-refractivity contribution in [3.8, 4) is 0 Å². The summed E-state index contributed by atoms with van der Waals surface area (Å²) in [5.41, 5.74) is 0.415. The van der Waals surface area contributed by atoms with Crippen LogP contribution in [0.2, 0.25) is 0 Å². The predicted octanol–water partition coefficient (Wildman–Crippen LogP) is 1.65. The standard InChI is InChI=1S/C17H20O7/c1-10(18)21-12-9-20-16(14-13(12)23-17(2,3)24-14)22-15(19)11-7-5-4-6-8-11/h4-8,12-14,16H,9H2,1-3H3. The van der Waals surface area contributed by atoms with Gasteiger partial charge >= 0.3 is 11.9 Å². The van der Waals surface area contributed by atoms with Crippen molar-refractivity contribution in [2.75, 3.05) is 6.61 Å². The molecule has 1 aromatic rings. The second kappa shape index (κ2) is 6.51. The third-order valence-corrected chi connectivity index (χ3v) is 3.77. The van der Waals surface area contributed by atoms with E-state index in [-0.39, 0.29) is 6.61 Å². The Labute approximate surface area is 139 Å². The minimum absolute atomic E-state index is 0.0624. The Morgan fingerprint density at radius 2 is 1.75 bits per heavy atom. The van der Waals surface area contributed by atoms with Gasteiger partial charge in [0.05, 0.1) is 12.2 Å². The van der Waals surface area contributed by atoms with Gasteiger partial charge in [0.1, 0.15) is 6.10 Å². The number of ether oxygens (including phenoxy) is 5. The highest BCUT2D eigenvalue weighted by Gasteiger charge is 2.54. The number of hydrogen-bond donors (Lipinski definition) is 0. The van der Waals surface area contributed by atoms with E-state index in [1.54, 1.807) is 38.1 Å².